The number of rotatable bonds is 5. The molecule has 1 aromatic heterocycles. The summed E-state index contributed by atoms with van der Waals surface area (Å²) in [6.07, 6.45) is 3.16. The molecule has 0 aliphatic rings. The monoisotopic (exact) mass is 504 g/mol. The molecule has 0 aliphatic carbocycles. The summed E-state index contributed by atoms with van der Waals surface area (Å²) in [5, 5.41) is 7.98. The van der Waals surface area contributed by atoms with E-state index in [1.807, 2.05) is 6.07 Å². The molecule has 2 aromatic carbocycles. The second-order valence-corrected chi connectivity index (χ2v) is 7.35. The van der Waals surface area contributed by atoms with Crippen LogP contribution in [-0.2, 0) is 7.05 Å². The Kier molecular flexibility index (Phi) is 6.37. The van der Waals surface area contributed by atoms with Crippen molar-refractivity contribution >= 4 is 50.0 Å². The first-order valence-corrected chi connectivity index (χ1v) is 9.62. The number of hydrogen-bond donors (Lipinski definition) is 1. The van der Waals surface area contributed by atoms with Crippen LogP contribution in [0.5, 0.6) is 5.75 Å². The molecule has 1 N–H and O–H groups in total. The normalized spacial score (nSPS) is 10.8. The Hall–Kier alpha value is -2.78. The van der Waals surface area contributed by atoms with Crippen LogP contribution in [0.3, 0.4) is 0 Å². The van der Waals surface area contributed by atoms with E-state index in [0.717, 1.165) is 5.56 Å². The number of benzene rings is 2. The molecule has 3 rings (SSSR count). The fourth-order valence-electron chi connectivity index (χ4n) is 2.25. The maximum absolute atomic E-state index is 12.1. The fourth-order valence-corrected chi connectivity index (χ4v) is 3.25. The summed E-state index contributed by atoms with van der Waals surface area (Å²) in [4.78, 5) is 24.2. The van der Waals surface area contributed by atoms with Crippen LogP contribution >= 0.6 is 31.9 Å². The van der Waals surface area contributed by atoms with Gasteiger partial charge >= 0.3 is 5.97 Å². The van der Waals surface area contributed by atoms with Crippen molar-refractivity contribution in [2.45, 2.75) is 0 Å². The summed E-state index contributed by atoms with van der Waals surface area (Å²) in [5.74, 6) is -0.512. The van der Waals surface area contributed by atoms with Gasteiger partial charge in [-0.05, 0) is 73.8 Å². The highest BCUT2D eigenvalue weighted by Gasteiger charge is 2.16. The van der Waals surface area contributed by atoms with Crippen molar-refractivity contribution in [1.82, 2.24) is 15.2 Å². The van der Waals surface area contributed by atoms with Crippen LogP contribution in [0.15, 0.2) is 68.8 Å². The summed E-state index contributed by atoms with van der Waals surface area (Å²) >= 11 is 6.59. The molecule has 0 saturated carbocycles. The minimum atomic E-state index is -0.561. The number of halogens is 2. The molecule has 3 aromatic rings. The first-order valence-electron chi connectivity index (χ1n) is 8.03. The van der Waals surface area contributed by atoms with Crippen LogP contribution < -0.4 is 10.2 Å². The van der Waals surface area contributed by atoms with Crippen molar-refractivity contribution in [3.8, 4) is 5.75 Å². The Morgan fingerprint density at radius 1 is 1.11 bits per heavy atom. The molecule has 0 atom stereocenters. The number of aromatic nitrogens is 2. The maximum Gasteiger partial charge on any atom is 0.365 e. The highest BCUT2D eigenvalue weighted by Crippen LogP contribution is 2.18. The number of aryl methyl sites for hydroxylation is 1. The van der Waals surface area contributed by atoms with Gasteiger partial charge in [0, 0.05) is 17.7 Å². The van der Waals surface area contributed by atoms with E-state index in [1.54, 1.807) is 55.7 Å². The third-order valence-corrected chi connectivity index (χ3v) is 4.84. The highest BCUT2D eigenvalue weighted by molar-refractivity contribution is 9.10. The van der Waals surface area contributed by atoms with Crippen LogP contribution in [0, 0.1) is 0 Å². The molecule has 0 radical (unpaired) electrons. The number of esters is 1. The Morgan fingerprint density at radius 2 is 1.82 bits per heavy atom. The zero-order chi connectivity index (χ0) is 20.1. The number of nitrogens with one attached hydrogen (secondary N) is 1. The van der Waals surface area contributed by atoms with Gasteiger partial charge in [0.1, 0.15) is 5.75 Å². The predicted molar refractivity (Wildman–Crippen MR) is 112 cm³/mol. The third-order valence-electron chi connectivity index (χ3n) is 3.57. The predicted octanol–water partition coefficient (Wildman–Crippen LogP) is 3.93. The van der Waals surface area contributed by atoms with Crippen molar-refractivity contribution in [1.29, 1.82) is 0 Å². The van der Waals surface area contributed by atoms with Crippen LogP contribution in [0.25, 0.3) is 0 Å². The van der Waals surface area contributed by atoms with Crippen LogP contribution in [0.2, 0.25) is 0 Å². The molecule has 0 saturated heterocycles. The van der Waals surface area contributed by atoms with E-state index in [4.69, 9.17) is 4.74 Å². The first kappa shape index (κ1) is 20.0. The van der Waals surface area contributed by atoms with Crippen molar-refractivity contribution in [3.05, 3.63) is 80.5 Å². The van der Waals surface area contributed by atoms with Gasteiger partial charge in [0.2, 0.25) is 0 Å². The zero-order valence-corrected chi connectivity index (χ0v) is 17.8. The Morgan fingerprint density at radius 3 is 2.46 bits per heavy atom. The van der Waals surface area contributed by atoms with E-state index >= 15 is 0 Å². The largest absolute Gasteiger partial charge is 0.422 e. The molecule has 0 fully saturated rings. The summed E-state index contributed by atoms with van der Waals surface area (Å²) in [5.41, 5.74) is 3.88. The Balaban J connectivity index is 1.59. The van der Waals surface area contributed by atoms with E-state index in [0.29, 0.717) is 20.3 Å². The molecule has 0 aliphatic heterocycles. The van der Waals surface area contributed by atoms with Crippen LogP contribution in [0.1, 0.15) is 26.4 Å². The van der Waals surface area contributed by atoms with Crippen LogP contribution in [-0.4, -0.2) is 27.9 Å². The van der Waals surface area contributed by atoms with Gasteiger partial charge in [-0.3, -0.25) is 9.48 Å². The minimum Gasteiger partial charge on any atom is -0.422 e. The number of carbonyl (C=O) groups is 2. The zero-order valence-electron chi connectivity index (χ0n) is 14.6. The standard InChI is InChI=1S/C19H14Br2N4O3/c1-25-11-16(21)17(24-25)19(27)28-13-8-6-12(7-9-13)10-22-23-18(26)14-4-2-3-5-15(14)20/h2-11H,1H3,(H,23,26)/b22-10-. The lowest BCUT2D eigenvalue weighted by molar-refractivity contribution is 0.0726. The highest BCUT2D eigenvalue weighted by atomic mass is 79.9. The van der Waals surface area contributed by atoms with Gasteiger partial charge in [-0.25, -0.2) is 10.2 Å². The third kappa shape index (κ3) is 4.93. The van der Waals surface area contributed by atoms with E-state index in [-0.39, 0.29) is 11.6 Å². The SMILES string of the molecule is Cn1cc(Br)c(C(=O)Oc2ccc(/C=N\NC(=O)c3ccccc3Br)cc2)n1. The Labute approximate surface area is 177 Å². The second kappa shape index (κ2) is 8.94. The molecular formula is C19H14Br2N4O3. The van der Waals surface area contributed by atoms with Crippen molar-refractivity contribution in [2.24, 2.45) is 12.1 Å². The van der Waals surface area contributed by atoms with Crippen molar-refractivity contribution in [2.75, 3.05) is 0 Å². The van der Waals surface area contributed by atoms with Gasteiger partial charge in [0.15, 0.2) is 5.69 Å². The number of carbonyl (C=O) groups excluding carboxylic acids is 2. The molecule has 0 bridgehead atoms. The average Bonchev–Trinajstić information content (AvgIpc) is 3.01. The molecule has 0 spiro atoms. The van der Waals surface area contributed by atoms with Gasteiger partial charge in [0.05, 0.1) is 16.3 Å². The Bertz CT molecular complexity index is 1050. The molecular weight excluding hydrogens is 492 g/mol. The van der Waals surface area contributed by atoms with E-state index < -0.39 is 5.97 Å². The number of ether oxygens (including phenoxy) is 1. The van der Waals surface area contributed by atoms with Gasteiger partial charge in [-0.2, -0.15) is 10.2 Å². The molecule has 1 heterocycles. The van der Waals surface area contributed by atoms with Crippen molar-refractivity contribution < 1.29 is 14.3 Å². The van der Waals surface area contributed by atoms with E-state index in [1.165, 1.54) is 10.9 Å². The van der Waals surface area contributed by atoms with Gasteiger partial charge < -0.3 is 4.74 Å². The first-order chi connectivity index (χ1) is 13.4. The molecule has 0 unspecified atom stereocenters. The van der Waals surface area contributed by atoms with Gasteiger partial charge in [-0.1, -0.05) is 12.1 Å². The lowest BCUT2D eigenvalue weighted by Crippen LogP contribution is -2.18. The number of nitrogens with zero attached hydrogens (tertiary/aromatic N) is 3. The lowest BCUT2D eigenvalue weighted by atomic mass is 10.2. The summed E-state index contributed by atoms with van der Waals surface area (Å²) < 4.78 is 8.06. The fraction of sp³-hybridized carbons (Fsp3) is 0.0526. The number of hydrazone groups is 1. The van der Waals surface area contributed by atoms with Gasteiger partial charge in [-0.15, -0.1) is 0 Å². The molecule has 9 heteroatoms. The smallest absolute Gasteiger partial charge is 0.365 e. The van der Waals surface area contributed by atoms with E-state index in [2.05, 4.69) is 47.5 Å². The molecule has 7 nitrogen and oxygen atoms in total. The summed E-state index contributed by atoms with van der Waals surface area (Å²) in [6.45, 7) is 0. The quantitative estimate of drug-likeness (QED) is 0.246. The summed E-state index contributed by atoms with van der Waals surface area (Å²) in [6, 6.07) is 13.8. The molecule has 142 valence electrons. The van der Waals surface area contributed by atoms with Gasteiger partial charge in [0.25, 0.3) is 5.91 Å². The average molecular weight is 506 g/mol. The minimum absolute atomic E-state index is 0.197. The number of hydrogen-bond acceptors (Lipinski definition) is 5. The second-order valence-electron chi connectivity index (χ2n) is 5.64. The lowest BCUT2D eigenvalue weighted by Gasteiger charge is -2.03. The molecule has 1 amide bonds. The topological polar surface area (TPSA) is 85.6 Å². The van der Waals surface area contributed by atoms with E-state index in [9.17, 15) is 9.59 Å². The molecule has 28 heavy (non-hydrogen) atoms. The van der Waals surface area contributed by atoms with Crippen molar-refractivity contribution in [3.63, 3.8) is 0 Å². The van der Waals surface area contributed by atoms with Crippen LogP contribution in [0.4, 0.5) is 0 Å². The summed E-state index contributed by atoms with van der Waals surface area (Å²) in [7, 11) is 1.71. The number of amides is 1. The maximum atomic E-state index is 12.1.